The lowest BCUT2D eigenvalue weighted by atomic mass is 9.96. The van der Waals surface area contributed by atoms with Gasteiger partial charge in [0.25, 0.3) is 5.91 Å². The van der Waals surface area contributed by atoms with Crippen LogP contribution in [-0.4, -0.2) is 236 Å². The normalized spacial score (nSPS) is 26.4. The fourth-order valence-electron chi connectivity index (χ4n) is 10.9. The number of carbonyl (C=O) groups is 7. The van der Waals surface area contributed by atoms with Crippen molar-refractivity contribution in [2.24, 2.45) is 5.92 Å². The van der Waals surface area contributed by atoms with Gasteiger partial charge in [0.15, 0.2) is 6.23 Å². The van der Waals surface area contributed by atoms with Gasteiger partial charge in [-0.05, 0) is 90.9 Å². The average Bonchev–Trinajstić information content (AvgIpc) is 1.75. The summed E-state index contributed by atoms with van der Waals surface area (Å²) in [4.78, 5) is 104. The van der Waals surface area contributed by atoms with Crippen LogP contribution in [0.25, 0.3) is 22.3 Å². The summed E-state index contributed by atoms with van der Waals surface area (Å²) >= 11 is 0. The van der Waals surface area contributed by atoms with E-state index < -0.39 is 164 Å². The molecule has 0 aliphatic carbocycles. The van der Waals surface area contributed by atoms with E-state index in [0.29, 0.717) is 15.8 Å². The molecule has 0 spiro atoms. The zero-order chi connectivity index (χ0) is 66.8. The Morgan fingerprint density at radius 2 is 1.19 bits per heavy atom. The summed E-state index contributed by atoms with van der Waals surface area (Å²) in [7, 11) is 5.47. The quantitative estimate of drug-likeness (QED) is 0.0472. The van der Waals surface area contributed by atoms with Gasteiger partial charge in [-0.15, -0.1) is 0 Å². The molecule has 4 aromatic carbocycles. The largest absolute Gasteiger partial charge is 0.508 e. The van der Waals surface area contributed by atoms with Gasteiger partial charge < -0.3 is 91.2 Å². The molecule has 496 valence electrons. The van der Waals surface area contributed by atoms with Crippen LogP contribution >= 0.6 is 0 Å². The van der Waals surface area contributed by atoms with Crippen molar-refractivity contribution in [3.8, 4) is 33.8 Å². The molecule has 3 aliphatic heterocycles. The topological polar surface area (TPSA) is 366 Å². The van der Waals surface area contributed by atoms with Gasteiger partial charge in [-0.2, -0.15) is 13.2 Å². The van der Waals surface area contributed by atoms with E-state index >= 15 is 0 Å². The number of aromatic hydroxyl groups is 1. The summed E-state index contributed by atoms with van der Waals surface area (Å²) in [6, 6.07) is 13.7. The SMILES string of the molecule is C[C@@H](O)[C@@H]1NC(=O)[C@H]([C@H](O)[C@@H](O)c2ccc(O)cc2)NC(=O)[C@@H]2C[C@@H](O)CN2C(=O)[C@H]([C@@H](C)O)NC(=O)[C@@H](NC(=O)c2ccc(-c3ccc(-c4ccc(OCCCCC(F)(F)F)cc4)cc3)cc2)C[C@@H](O)[C@@H](OCC[N+](C)(C)C)NC(=O)[C@@H]2[C@@H](O)[C@@H](C)CN2C1=O. The highest BCUT2D eigenvalue weighted by Gasteiger charge is 2.50. The van der Waals surface area contributed by atoms with Gasteiger partial charge in [0.2, 0.25) is 35.4 Å². The van der Waals surface area contributed by atoms with Crippen molar-refractivity contribution in [2.75, 3.05) is 54.0 Å². The number of aliphatic hydroxyl groups excluding tert-OH is 7. The Bertz CT molecular complexity index is 3150. The highest BCUT2D eigenvalue weighted by atomic mass is 19.4. The lowest BCUT2D eigenvalue weighted by molar-refractivity contribution is -0.870. The number of hydrogen-bond donors (Lipinski definition) is 13. The molecule has 13 N–H and O–H groups in total. The molecule has 91 heavy (non-hydrogen) atoms. The minimum absolute atomic E-state index is 0.00336. The molecule has 0 unspecified atom stereocenters. The number of hydrogen-bond acceptors (Lipinski definition) is 17. The molecule has 28 heteroatoms. The van der Waals surface area contributed by atoms with Crippen LogP contribution in [0, 0.1) is 5.92 Å². The fraction of sp³-hybridized carbons (Fsp3) is 0.508. The first-order chi connectivity index (χ1) is 42.8. The molecule has 3 heterocycles. The summed E-state index contributed by atoms with van der Waals surface area (Å²) in [5.74, 6) is -8.75. The Kier molecular flexibility index (Phi) is 23.7. The average molecular weight is 1280 g/mol. The van der Waals surface area contributed by atoms with E-state index in [1.165, 1.54) is 31.2 Å². The second kappa shape index (κ2) is 30.5. The van der Waals surface area contributed by atoms with E-state index in [1.807, 2.05) is 57.5 Å². The Hall–Kier alpha value is -7.80. The number of ether oxygens (including phenoxy) is 2. The van der Waals surface area contributed by atoms with Crippen molar-refractivity contribution in [3.63, 3.8) is 0 Å². The monoisotopic (exact) mass is 1280 g/mol. The number of unbranched alkanes of at least 4 members (excludes halogenated alkanes) is 1. The molecular weight excluding hydrogens is 1200 g/mol. The molecule has 3 fully saturated rings. The van der Waals surface area contributed by atoms with Crippen molar-refractivity contribution in [1.29, 1.82) is 0 Å². The fourth-order valence-corrected chi connectivity index (χ4v) is 10.9. The van der Waals surface area contributed by atoms with E-state index in [0.717, 1.165) is 52.5 Å². The minimum atomic E-state index is -4.22. The number of likely N-dealkylation sites (N-methyl/N-ethyl adjacent to an activating group) is 1. The Morgan fingerprint density at radius 3 is 1.74 bits per heavy atom. The number of rotatable bonds is 18. The zero-order valence-electron chi connectivity index (χ0n) is 51.2. The number of phenols is 1. The number of carbonyl (C=O) groups excluding carboxylic acids is 7. The summed E-state index contributed by atoms with van der Waals surface area (Å²) in [5.41, 5.74) is 2.98. The van der Waals surface area contributed by atoms with Crippen LogP contribution in [0.5, 0.6) is 11.5 Å². The van der Waals surface area contributed by atoms with Gasteiger partial charge in [-0.3, -0.25) is 33.6 Å². The molecular formula is C63H82F3N8O17+. The van der Waals surface area contributed by atoms with Gasteiger partial charge in [0.05, 0.1) is 58.8 Å². The van der Waals surface area contributed by atoms with Gasteiger partial charge in [0.1, 0.15) is 72.6 Å². The number of benzene rings is 4. The van der Waals surface area contributed by atoms with Crippen molar-refractivity contribution >= 4 is 41.4 Å². The van der Waals surface area contributed by atoms with Gasteiger partial charge in [0, 0.05) is 43.8 Å². The predicted molar refractivity (Wildman–Crippen MR) is 320 cm³/mol. The Morgan fingerprint density at radius 1 is 0.659 bits per heavy atom. The van der Waals surface area contributed by atoms with E-state index in [4.69, 9.17) is 9.47 Å². The molecule has 4 aromatic rings. The smallest absolute Gasteiger partial charge is 0.389 e. The van der Waals surface area contributed by atoms with Gasteiger partial charge >= 0.3 is 6.18 Å². The molecule has 7 rings (SSSR count). The van der Waals surface area contributed by atoms with Crippen molar-refractivity contribution < 1.29 is 102 Å². The number of phenolic OH excluding ortho intramolecular Hbond substituents is 1. The third kappa shape index (κ3) is 18.7. The summed E-state index contributed by atoms with van der Waals surface area (Å²) < 4.78 is 49.5. The van der Waals surface area contributed by atoms with Crippen molar-refractivity contribution in [2.45, 2.75) is 144 Å². The molecule has 0 radical (unpaired) electrons. The van der Waals surface area contributed by atoms with Gasteiger partial charge in [-0.25, -0.2) is 0 Å². The number of amides is 7. The molecule has 7 amide bonds. The number of alkyl halides is 3. The molecule has 0 bridgehead atoms. The lowest BCUT2D eigenvalue weighted by Gasteiger charge is -2.34. The number of halogens is 3. The first-order valence-corrected chi connectivity index (χ1v) is 29.9. The molecule has 3 saturated heterocycles. The maximum Gasteiger partial charge on any atom is 0.389 e. The number of nitrogens with zero attached hydrogens (tertiary/aromatic N) is 3. The Balaban J connectivity index is 1.21. The zero-order valence-corrected chi connectivity index (χ0v) is 51.2. The first-order valence-electron chi connectivity index (χ1n) is 29.9. The van der Waals surface area contributed by atoms with Crippen LogP contribution in [-0.2, 0) is 33.5 Å². The number of aliphatic hydroxyl groups is 7. The predicted octanol–water partition coefficient (Wildman–Crippen LogP) is 0.346. The summed E-state index contributed by atoms with van der Waals surface area (Å²) in [6.45, 7) is 3.00. The van der Waals surface area contributed by atoms with E-state index in [9.17, 15) is 87.6 Å². The third-order valence-corrected chi connectivity index (χ3v) is 16.2. The van der Waals surface area contributed by atoms with Crippen molar-refractivity contribution in [1.82, 2.24) is 36.4 Å². The van der Waals surface area contributed by atoms with Gasteiger partial charge in [-0.1, -0.05) is 67.6 Å². The Labute approximate surface area is 523 Å². The molecule has 0 aromatic heterocycles. The summed E-state index contributed by atoms with van der Waals surface area (Å²) in [6.07, 6.45) is -20.9. The molecule has 25 nitrogen and oxygen atoms in total. The minimum Gasteiger partial charge on any atom is -0.508 e. The summed E-state index contributed by atoms with van der Waals surface area (Å²) in [5, 5.41) is 102. The second-order valence-corrected chi connectivity index (χ2v) is 24.5. The van der Waals surface area contributed by atoms with Crippen LogP contribution in [0.4, 0.5) is 13.2 Å². The van der Waals surface area contributed by atoms with E-state index in [2.05, 4.69) is 26.6 Å². The van der Waals surface area contributed by atoms with Crippen LogP contribution < -0.4 is 31.3 Å². The maximum absolute atomic E-state index is 14.8. The second-order valence-electron chi connectivity index (χ2n) is 24.5. The van der Waals surface area contributed by atoms with Crippen LogP contribution in [0.15, 0.2) is 97.1 Å². The standard InChI is InChI=1S/C63H81F3N8O17/c1-33-31-73-51(52(33)80)59(87)71-60(91-28-26-74(4,5)6)47(79)30-45(67-55(83)41-15-13-38(14-16-41)36-9-11-37(12-10-36)39-19-23-44(24-20-39)90-27-8-7-25-63(64,65)66)56(84)68-48(34(2)75)61(88)72-32-43(78)29-46(72)57(85)70-50(58(86)69-49(35(3)76)62(73)89)54(82)53(81)40-17-21-42(77)22-18-40/h9-24,33-35,43,45-54,60,75-76,78-82H,7-8,25-32H2,1-6H3,(H5-,67,68,69,70,71,77,83,84,85,86,87)/p+1/t33-,34+,35+,43+,45-,46-,47+,48-,49-,50-,51-,52-,53-,54-,60+/m0/s1. The van der Waals surface area contributed by atoms with Crippen molar-refractivity contribution in [3.05, 3.63) is 108 Å². The highest BCUT2D eigenvalue weighted by molar-refractivity contribution is 6.00. The molecule has 0 saturated carbocycles. The van der Waals surface area contributed by atoms with E-state index in [-0.39, 0.29) is 56.0 Å². The number of fused-ring (bicyclic) bond motifs is 2. The van der Waals surface area contributed by atoms with Crippen LogP contribution in [0.1, 0.15) is 74.9 Å². The van der Waals surface area contributed by atoms with Crippen LogP contribution in [0.3, 0.4) is 0 Å². The molecule has 3 aliphatic rings. The lowest BCUT2D eigenvalue weighted by Crippen LogP contribution is -2.64. The third-order valence-electron chi connectivity index (χ3n) is 16.2. The van der Waals surface area contributed by atoms with Crippen LogP contribution in [0.2, 0.25) is 0 Å². The number of quaternary nitrogens is 1. The number of nitrogens with one attached hydrogen (secondary N) is 5. The highest BCUT2D eigenvalue weighted by Crippen LogP contribution is 2.31. The maximum atomic E-state index is 14.8. The first kappa shape index (κ1) is 70.7. The van der Waals surface area contributed by atoms with E-state index in [1.54, 1.807) is 24.3 Å². The molecule has 15 atom stereocenters.